The molecular weight excluding hydrogens is 236 g/mol. The molecule has 0 bridgehead atoms. The first-order valence-corrected chi connectivity index (χ1v) is 6.89. The number of nitrogens with one attached hydrogen (secondary N) is 1. The second-order valence-corrected chi connectivity index (χ2v) is 6.53. The average molecular weight is 264 g/mol. The van der Waals surface area contributed by atoms with E-state index in [-0.39, 0.29) is 11.0 Å². The number of ether oxygens (including phenoxy) is 1. The highest BCUT2D eigenvalue weighted by molar-refractivity contribution is 5.31. The predicted molar refractivity (Wildman–Crippen MR) is 81.8 cm³/mol. The Labute approximate surface area is 117 Å². The van der Waals surface area contributed by atoms with Crippen molar-refractivity contribution >= 4 is 0 Å². The summed E-state index contributed by atoms with van der Waals surface area (Å²) in [5.41, 5.74) is 7.29. The maximum absolute atomic E-state index is 5.97. The van der Waals surface area contributed by atoms with Crippen molar-refractivity contribution in [1.29, 1.82) is 0 Å². The third-order valence-electron chi connectivity index (χ3n) is 3.38. The van der Waals surface area contributed by atoms with E-state index in [1.54, 1.807) is 7.11 Å². The van der Waals surface area contributed by atoms with Crippen LogP contribution in [0.2, 0.25) is 0 Å². The quantitative estimate of drug-likeness (QED) is 0.744. The van der Waals surface area contributed by atoms with E-state index in [0.29, 0.717) is 0 Å². The molecule has 1 aromatic carbocycles. The first-order valence-electron chi connectivity index (χ1n) is 6.89. The highest BCUT2D eigenvalue weighted by Crippen LogP contribution is 2.24. The zero-order chi connectivity index (χ0) is 14.5. The van der Waals surface area contributed by atoms with Gasteiger partial charge in [-0.15, -0.1) is 0 Å². The van der Waals surface area contributed by atoms with E-state index in [2.05, 4.69) is 45.1 Å². The Morgan fingerprint density at radius 3 is 2.16 bits per heavy atom. The Kier molecular flexibility index (Phi) is 5.39. The molecule has 0 amide bonds. The number of nitrogens with two attached hydrogens (primary N) is 1. The summed E-state index contributed by atoms with van der Waals surface area (Å²) in [4.78, 5) is 0. The maximum Gasteiger partial charge on any atom is 0.118 e. The average Bonchev–Trinajstić information content (AvgIpc) is 2.34. The van der Waals surface area contributed by atoms with Gasteiger partial charge in [0.05, 0.1) is 7.11 Å². The fraction of sp³-hybridized carbons (Fsp3) is 0.625. The van der Waals surface area contributed by atoms with Crippen molar-refractivity contribution < 1.29 is 4.74 Å². The van der Waals surface area contributed by atoms with Gasteiger partial charge in [0.15, 0.2) is 0 Å². The van der Waals surface area contributed by atoms with E-state index < -0.39 is 0 Å². The molecule has 0 aromatic heterocycles. The molecule has 3 heteroatoms. The molecule has 0 saturated heterocycles. The van der Waals surface area contributed by atoms with Gasteiger partial charge in [-0.2, -0.15) is 0 Å². The largest absolute Gasteiger partial charge is 0.497 e. The smallest absolute Gasteiger partial charge is 0.118 e. The molecule has 0 heterocycles. The van der Waals surface area contributed by atoms with Crippen LogP contribution < -0.4 is 15.8 Å². The standard InChI is InChI=1S/C16H28N2O/c1-15(2,12-18-11-10-16(3,4)17)13-6-8-14(19-5)9-7-13/h6-9,18H,10-12,17H2,1-5H3. The second kappa shape index (κ2) is 6.40. The van der Waals surface area contributed by atoms with Crippen LogP contribution >= 0.6 is 0 Å². The molecule has 3 N–H and O–H groups in total. The van der Waals surface area contributed by atoms with Crippen LogP contribution in [0.3, 0.4) is 0 Å². The summed E-state index contributed by atoms with van der Waals surface area (Å²) >= 11 is 0. The van der Waals surface area contributed by atoms with Crippen LogP contribution in [-0.4, -0.2) is 25.7 Å². The Morgan fingerprint density at radius 2 is 1.68 bits per heavy atom. The lowest BCUT2D eigenvalue weighted by Crippen LogP contribution is -2.39. The third-order valence-corrected chi connectivity index (χ3v) is 3.38. The molecule has 1 rings (SSSR count). The van der Waals surface area contributed by atoms with Gasteiger partial charge in [-0.05, 0) is 44.5 Å². The van der Waals surface area contributed by atoms with Gasteiger partial charge in [-0.3, -0.25) is 0 Å². The Morgan fingerprint density at radius 1 is 1.11 bits per heavy atom. The molecule has 0 unspecified atom stereocenters. The molecule has 0 radical (unpaired) electrons. The fourth-order valence-electron chi connectivity index (χ4n) is 1.96. The van der Waals surface area contributed by atoms with Gasteiger partial charge in [0.25, 0.3) is 0 Å². The highest BCUT2D eigenvalue weighted by Gasteiger charge is 2.20. The molecule has 0 atom stereocenters. The van der Waals surface area contributed by atoms with Crippen molar-refractivity contribution in [3.8, 4) is 5.75 Å². The molecular formula is C16H28N2O. The van der Waals surface area contributed by atoms with Crippen molar-refractivity contribution in [2.24, 2.45) is 5.73 Å². The second-order valence-electron chi connectivity index (χ2n) is 6.53. The van der Waals surface area contributed by atoms with Crippen molar-refractivity contribution in [2.75, 3.05) is 20.2 Å². The fourth-order valence-corrected chi connectivity index (χ4v) is 1.96. The van der Waals surface area contributed by atoms with Gasteiger partial charge in [0, 0.05) is 17.5 Å². The normalized spacial score (nSPS) is 12.5. The van der Waals surface area contributed by atoms with Crippen LogP contribution in [0.25, 0.3) is 0 Å². The summed E-state index contributed by atoms with van der Waals surface area (Å²) in [6, 6.07) is 8.29. The van der Waals surface area contributed by atoms with Crippen LogP contribution in [-0.2, 0) is 5.41 Å². The summed E-state index contributed by atoms with van der Waals surface area (Å²) in [5.74, 6) is 0.900. The maximum atomic E-state index is 5.97. The van der Waals surface area contributed by atoms with Crippen molar-refractivity contribution in [3.63, 3.8) is 0 Å². The van der Waals surface area contributed by atoms with E-state index in [0.717, 1.165) is 25.3 Å². The number of rotatable bonds is 7. The minimum Gasteiger partial charge on any atom is -0.497 e. The lowest BCUT2D eigenvalue weighted by molar-refractivity contribution is 0.410. The van der Waals surface area contributed by atoms with E-state index in [4.69, 9.17) is 10.5 Å². The van der Waals surface area contributed by atoms with Crippen LogP contribution in [0, 0.1) is 0 Å². The monoisotopic (exact) mass is 264 g/mol. The highest BCUT2D eigenvalue weighted by atomic mass is 16.5. The molecule has 0 saturated carbocycles. The first-order chi connectivity index (χ1) is 8.74. The van der Waals surface area contributed by atoms with E-state index >= 15 is 0 Å². The van der Waals surface area contributed by atoms with Gasteiger partial charge >= 0.3 is 0 Å². The molecule has 1 aromatic rings. The number of methoxy groups -OCH3 is 1. The lowest BCUT2D eigenvalue weighted by Gasteiger charge is -2.27. The van der Waals surface area contributed by atoms with Gasteiger partial charge in [0.1, 0.15) is 5.75 Å². The Bertz CT molecular complexity index is 377. The van der Waals surface area contributed by atoms with E-state index in [1.807, 2.05) is 12.1 Å². The molecule has 0 spiro atoms. The van der Waals surface area contributed by atoms with Crippen molar-refractivity contribution in [3.05, 3.63) is 29.8 Å². The van der Waals surface area contributed by atoms with Crippen molar-refractivity contribution in [1.82, 2.24) is 5.32 Å². The van der Waals surface area contributed by atoms with Gasteiger partial charge in [-0.1, -0.05) is 26.0 Å². The summed E-state index contributed by atoms with van der Waals surface area (Å²) < 4.78 is 5.19. The molecule has 0 aliphatic rings. The SMILES string of the molecule is COc1ccc(C(C)(C)CNCCC(C)(C)N)cc1. The molecule has 19 heavy (non-hydrogen) atoms. The summed E-state index contributed by atoms with van der Waals surface area (Å²) in [5, 5.41) is 3.50. The number of benzene rings is 1. The summed E-state index contributed by atoms with van der Waals surface area (Å²) in [6.45, 7) is 10.5. The van der Waals surface area contributed by atoms with Crippen LogP contribution in [0.4, 0.5) is 0 Å². The minimum absolute atomic E-state index is 0.0999. The predicted octanol–water partition coefficient (Wildman–Crippen LogP) is 2.69. The lowest BCUT2D eigenvalue weighted by atomic mass is 9.84. The number of hydrogen-bond acceptors (Lipinski definition) is 3. The Hall–Kier alpha value is -1.06. The van der Waals surface area contributed by atoms with E-state index in [9.17, 15) is 0 Å². The molecule has 3 nitrogen and oxygen atoms in total. The van der Waals surface area contributed by atoms with Crippen LogP contribution in [0.5, 0.6) is 5.75 Å². The molecule has 0 fully saturated rings. The zero-order valence-electron chi connectivity index (χ0n) is 12.9. The van der Waals surface area contributed by atoms with Crippen molar-refractivity contribution in [2.45, 2.75) is 45.1 Å². The van der Waals surface area contributed by atoms with E-state index in [1.165, 1.54) is 5.56 Å². The van der Waals surface area contributed by atoms with Gasteiger partial charge in [-0.25, -0.2) is 0 Å². The summed E-state index contributed by atoms with van der Waals surface area (Å²) in [7, 11) is 1.69. The van der Waals surface area contributed by atoms with Crippen LogP contribution in [0.1, 0.15) is 39.7 Å². The molecule has 108 valence electrons. The summed E-state index contributed by atoms with van der Waals surface area (Å²) in [6.07, 6.45) is 0.978. The van der Waals surface area contributed by atoms with Gasteiger partial charge in [0.2, 0.25) is 0 Å². The minimum atomic E-state index is -0.0999. The topological polar surface area (TPSA) is 47.3 Å². The molecule has 0 aliphatic carbocycles. The number of hydrogen-bond donors (Lipinski definition) is 2. The Balaban J connectivity index is 2.50. The molecule has 0 aliphatic heterocycles. The van der Waals surface area contributed by atoms with Gasteiger partial charge < -0.3 is 15.8 Å². The first kappa shape index (κ1) is 16.0. The third kappa shape index (κ3) is 5.62. The van der Waals surface area contributed by atoms with Crippen LogP contribution in [0.15, 0.2) is 24.3 Å². The zero-order valence-corrected chi connectivity index (χ0v) is 12.9.